The van der Waals surface area contributed by atoms with Crippen LogP contribution in [0.2, 0.25) is 0 Å². The quantitative estimate of drug-likeness (QED) is 0.626. The Morgan fingerprint density at radius 2 is 2.05 bits per heavy atom. The van der Waals surface area contributed by atoms with Gasteiger partial charge in [-0.25, -0.2) is 0 Å². The molecular weight excluding hydrogens is 298 g/mol. The first kappa shape index (κ1) is 14.9. The Morgan fingerprint density at radius 1 is 1.32 bits per heavy atom. The van der Waals surface area contributed by atoms with Gasteiger partial charge in [0.25, 0.3) is 11.6 Å². The number of rotatable bonds is 5. The number of hydrogen-bond donors (Lipinski definition) is 2. The molecule has 1 aromatic heterocycles. The van der Waals surface area contributed by atoms with E-state index in [1.807, 2.05) is 0 Å². The summed E-state index contributed by atoms with van der Waals surface area (Å²) in [5, 5.41) is 29.5. The zero-order valence-corrected chi connectivity index (χ0v) is 11.1. The molecule has 0 bridgehead atoms. The first-order valence-corrected chi connectivity index (χ1v) is 5.75. The largest absolute Gasteiger partial charge is 0.495 e. The molecule has 1 aromatic carbocycles. The van der Waals surface area contributed by atoms with Gasteiger partial charge in [0.05, 0.1) is 22.6 Å². The molecule has 1 amide bonds. The zero-order valence-electron chi connectivity index (χ0n) is 11.1. The minimum Gasteiger partial charge on any atom is -0.495 e. The van der Waals surface area contributed by atoms with E-state index in [2.05, 4.69) is 15.5 Å². The van der Waals surface area contributed by atoms with E-state index in [0.717, 1.165) is 12.3 Å². The molecule has 2 aromatic rings. The van der Waals surface area contributed by atoms with Crippen molar-refractivity contribution in [1.82, 2.24) is 10.2 Å². The topological polar surface area (TPSA) is 153 Å². The highest BCUT2D eigenvalue weighted by Crippen LogP contribution is 2.29. The van der Waals surface area contributed by atoms with Gasteiger partial charge >= 0.3 is 5.69 Å². The molecule has 0 aliphatic rings. The summed E-state index contributed by atoms with van der Waals surface area (Å²) in [5.41, 5.74) is -1.15. The van der Waals surface area contributed by atoms with Crippen molar-refractivity contribution in [2.24, 2.45) is 0 Å². The molecule has 0 spiro atoms. The molecule has 11 nitrogen and oxygen atoms in total. The molecule has 0 saturated carbocycles. The van der Waals surface area contributed by atoms with Gasteiger partial charge in [-0.05, 0) is 6.07 Å². The maximum Gasteiger partial charge on any atom is 0.319 e. The molecule has 2 N–H and O–H groups in total. The minimum absolute atomic E-state index is 0.00518. The lowest BCUT2D eigenvalue weighted by Crippen LogP contribution is -2.15. The van der Waals surface area contributed by atoms with E-state index in [-0.39, 0.29) is 22.8 Å². The van der Waals surface area contributed by atoms with Crippen LogP contribution in [0.4, 0.5) is 17.1 Å². The predicted molar refractivity (Wildman–Crippen MR) is 72.8 cm³/mol. The second-order valence-corrected chi connectivity index (χ2v) is 3.98. The van der Waals surface area contributed by atoms with Crippen molar-refractivity contribution in [3.8, 4) is 5.75 Å². The second-order valence-electron chi connectivity index (χ2n) is 3.98. The van der Waals surface area contributed by atoms with Crippen molar-refractivity contribution in [2.75, 3.05) is 12.4 Å². The van der Waals surface area contributed by atoms with Crippen molar-refractivity contribution < 1.29 is 19.4 Å². The Morgan fingerprint density at radius 3 is 2.64 bits per heavy atom. The van der Waals surface area contributed by atoms with Gasteiger partial charge < -0.3 is 10.1 Å². The monoisotopic (exact) mass is 307 g/mol. The number of aromatic amines is 1. The fraction of sp³-hybridized carbons (Fsp3) is 0.0909. The SMILES string of the molecule is COc1ccc([N+](=O)[O-])cc1NC(=O)c1[nH]ncc1[N+](=O)[O-]. The normalized spacial score (nSPS) is 10.0. The fourth-order valence-corrected chi connectivity index (χ4v) is 1.68. The second kappa shape index (κ2) is 5.87. The summed E-state index contributed by atoms with van der Waals surface area (Å²) in [6.07, 6.45) is 0.888. The van der Waals surface area contributed by atoms with Gasteiger partial charge in [0.15, 0.2) is 0 Å². The summed E-state index contributed by atoms with van der Waals surface area (Å²) in [5.74, 6) is -0.705. The van der Waals surface area contributed by atoms with Gasteiger partial charge in [-0.3, -0.25) is 30.1 Å². The van der Waals surface area contributed by atoms with Crippen LogP contribution in [-0.2, 0) is 0 Å². The molecule has 11 heteroatoms. The van der Waals surface area contributed by atoms with Crippen LogP contribution in [-0.4, -0.2) is 33.1 Å². The van der Waals surface area contributed by atoms with Crippen molar-refractivity contribution in [2.45, 2.75) is 0 Å². The van der Waals surface area contributed by atoms with Crippen LogP contribution >= 0.6 is 0 Å². The van der Waals surface area contributed by atoms with Crippen LogP contribution in [0.15, 0.2) is 24.4 Å². The molecule has 0 unspecified atom stereocenters. The van der Waals surface area contributed by atoms with Crippen LogP contribution in [0.25, 0.3) is 0 Å². The number of benzene rings is 1. The Hall–Kier alpha value is -3.50. The maximum absolute atomic E-state index is 12.0. The van der Waals surface area contributed by atoms with Crippen LogP contribution in [0.3, 0.4) is 0 Å². The lowest BCUT2D eigenvalue weighted by Gasteiger charge is -2.08. The average molecular weight is 307 g/mol. The number of methoxy groups -OCH3 is 1. The molecule has 0 atom stereocenters. The zero-order chi connectivity index (χ0) is 16.3. The van der Waals surface area contributed by atoms with E-state index >= 15 is 0 Å². The first-order chi connectivity index (χ1) is 10.4. The van der Waals surface area contributed by atoms with Crippen LogP contribution in [0, 0.1) is 20.2 Å². The summed E-state index contributed by atoms with van der Waals surface area (Å²) in [6, 6.07) is 3.58. The van der Waals surface area contributed by atoms with E-state index in [0.29, 0.717) is 0 Å². The molecular formula is C11H9N5O6. The van der Waals surface area contributed by atoms with Gasteiger partial charge in [0.1, 0.15) is 11.9 Å². The average Bonchev–Trinajstić information content (AvgIpc) is 2.96. The Balaban J connectivity index is 2.35. The summed E-state index contributed by atoms with van der Waals surface area (Å²) >= 11 is 0. The molecule has 114 valence electrons. The van der Waals surface area contributed by atoms with Crippen LogP contribution < -0.4 is 10.1 Å². The molecule has 0 fully saturated rings. The van der Waals surface area contributed by atoms with E-state index < -0.39 is 21.4 Å². The smallest absolute Gasteiger partial charge is 0.319 e. The minimum atomic E-state index is -0.872. The van der Waals surface area contributed by atoms with Crippen molar-refractivity contribution >= 4 is 23.0 Å². The number of carbonyl (C=O) groups is 1. The summed E-state index contributed by atoms with van der Waals surface area (Å²) in [6.45, 7) is 0. The van der Waals surface area contributed by atoms with Crippen molar-refractivity contribution in [1.29, 1.82) is 0 Å². The third-order valence-electron chi connectivity index (χ3n) is 2.69. The highest BCUT2D eigenvalue weighted by molar-refractivity contribution is 6.06. The van der Waals surface area contributed by atoms with E-state index in [4.69, 9.17) is 4.74 Å². The number of non-ortho nitro benzene ring substituents is 1. The van der Waals surface area contributed by atoms with Gasteiger partial charge in [-0.1, -0.05) is 0 Å². The fourth-order valence-electron chi connectivity index (χ4n) is 1.68. The molecule has 1 heterocycles. The highest BCUT2D eigenvalue weighted by Gasteiger charge is 2.24. The number of nitro groups is 2. The molecule has 0 aliphatic carbocycles. The van der Waals surface area contributed by atoms with Crippen molar-refractivity contribution in [3.63, 3.8) is 0 Å². The Kier molecular flexibility index (Phi) is 3.97. The van der Waals surface area contributed by atoms with E-state index in [1.165, 1.54) is 19.2 Å². The number of hydrogen-bond acceptors (Lipinski definition) is 7. The van der Waals surface area contributed by atoms with E-state index in [9.17, 15) is 25.0 Å². The molecule has 0 saturated heterocycles. The lowest BCUT2D eigenvalue weighted by atomic mass is 10.2. The van der Waals surface area contributed by atoms with Crippen LogP contribution in [0.5, 0.6) is 5.75 Å². The summed E-state index contributed by atoms with van der Waals surface area (Å²) in [7, 11) is 1.31. The molecule has 2 rings (SSSR count). The molecule has 0 radical (unpaired) electrons. The third-order valence-corrected chi connectivity index (χ3v) is 2.69. The number of ether oxygens (including phenoxy) is 1. The number of nitrogens with one attached hydrogen (secondary N) is 2. The number of nitro benzene ring substituents is 1. The van der Waals surface area contributed by atoms with E-state index in [1.54, 1.807) is 0 Å². The Bertz CT molecular complexity index is 755. The standard InChI is InChI=1S/C11H9N5O6/c1-22-9-3-2-6(15(18)19)4-7(9)13-11(17)10-8(16(20)21)5-12-14-10/h2-5H,1H3,(H,12,14)(H,13,17). The van der Waals surface area contributed by atoms with Gasteiger partial charge in [0.2, 0.25) is 5.69 Å². The Labute approximate surface area is 122 Å². The van der Waals surface area contributed by atoms with Crippen LogP contribution in [0.1, 0.15) is 10.5 Å². The van der Waals surface area contributed by atoms with Gasteiger partial charge in [-0.15, -0.1) is 0 Å². The van der Waals surface area contributed by atoms with Crippen molar-refractivity contribution in [3.05, 3.63) is 50.3 Å². The third kappa shape index (κ3) is 2.82. The maximum atomic E-state index is 12.0. The predicted octanol–water partition coefficient (Wildman–Crippen LogP) is 1.49. The molecule has 0 aliphatic heterocycles. The number of aromatic nitrogens is 2. The molecule has 22 heavy (non-hydrogen) atoms. The lowest BCUT2D eigenvalue weighted by molar-refractivity contribution is -0.385. The van der Waals surface area contributed by atoms with Gasteiger partial charge in [0, 0.05) is 12.1 Å². The number of carbonyl (C=O) groups excluding carboxylic acids is 1. The summed E-state index contributed by atoms with van der Waals surface area (Å²) in [4.78, 5) is 32.1. The highest BCUT2D eigenvalue weighted by atomic mass is 16.6. The van der Waals surface area contributed by atoms with Gasteiger partial charge in [-0.2, -0.15) is 5.10 Å². The first-order valence-electron chi connectivity index (χ1n) is 5.75. The number of amides is 1. The number of H-pyrrole nitrogens is 1. The number of nitrogens with zero attached hydrogens (tertiary/aromatic N) is 3. The number of anilines is 1. The summed E-state index contributed by atoms with van der Waals surface area (Å²) < 4.78 is 4.98.